The van der Waals surface area contributed by atoms with Crippen LogP contribution in [0.2, 0.25) is 0 Å². The zero-order chi connectivity index (χ0) is 15.7. The van der Waals surface area contributed by atoms with Crippen molar-refractivity contribution in [2.24, 2.45) is 0 Å². The van der Waals surface area contributed by atoms with Gasteiger partial charge in [-0.25, -0.2) is 4.98 Å². The van der Waals surface area contributed by atoms with Crippen molar-refractivity contribution in [3.05, 3.63) is 30.5 Å². The Labute approximate surface area is 126 Å². The lowest BCUT2D eigenvalue weighted by molar-refractivity contribution is 0.142. The summed E-state index contributed by atoms with van der Waals surface area (Å²) in [5.41, 5.74) is 0.336. The lowest BCUT2D eigenvalue weighted by atomic mass is 10.1. The Morgan fingerprint density at radius 1 is 1.57 bits per heavy atom. The van der Waals surface area contributed by atoms with E-state index in [1.54, 1.807) is 12.3 Å². The van der Waals surface area contributed by atoms with Gasteiger partial charge in [-0.05, 0) is 26.4 Å². The molecule has 0 amide bonds. The molecule has 1 atom stereocenters. The quantitative estimate of drug-likeness (QED) is 0.654. The number of pyridine rings is 1. The Morgan fingerprint density at radius 3 is 2.90 bits per heavy atom. The molecule has 0 aliphatic carbocycles. The molecule has 21 heavy (non-hydrogen) atoms. The minimum absolute atomic E-state index is 0.00726. The van der Waals surface area contributed by atoms with E-state index in [2.05, 4.69) is 29.5 Å². The molecule has 1 rings (SSSR count). The number of nitriles is 1. The van der Waals surface area contributed by atoms with Gasteiger partial charge in [-0.1, -0.05) is 13.0 Å². The van der Waals surface area contributed by atoms with Gasteiger partial charge in [0.15, 0.2) is 5.56 Å². The van der Waals surface area contributed by atoms with Crippen LogP contribution >= 0.6 is 0 Å². The molecule has 0 aromatic carbocycles. The van der Waals surface area contributed by atoms with Crippen LogP contribution in [0.15, 0.2) is 24.9 Å². The molecule has 0 bridgehead atoms. The summed E-state index contributed by atoms with van der Waals surface area (Å²) >= 11 is 0. The summed E-state index contributed by atoms with van der Waals surface area (Å²) < 4.78 is 11.1. The van der Waals surface area contributed by atoms with E-state index >= 15 is 0 Å². The van der Waals surface area contributed by atoms with Gasteiger partial charge in [0.05, 0.1) is 7.11 Å². The summed E-state index contributed by atoms with van der Waals surface area (Å²) in [7, 11) is 3.54. The Hall–Kier alpha value is -2.06. The maximum Gasteiger partial charge on any atom is 0.235 e. The zero-order valence-electron chi connectivity index (χ0n) is 13.0. The summed E-state index contributed by atoms with van der Waals surface area (Å²) in [5.74, 6) is 0.809. The van der Waals surface area contributed by atoms with E-state index in [9.17, 15) is 5.26 Å². The molecule has 5 heteroatoms. The molecule has 0 radical (unpaired) electrons. The van der Waals surface area contributed by atoms with Crippen molar-refractivity contribution in [2.45, 2.75) is 25.9 Å². The Kier molecular flexibility index (Phi) is 7.27. The highest BCUT2D eigenvalue weighted by Crippen LogP contribution is 2.26. The molecule has 1 unspecified atom stereocenters. The largest absolute Gasteiger partial charge is 0.487 e. The molecular formula is C16H23N3O2. The number of allylic oxidation sites excluding steroid dienone is 1. The molecule has 0 aliphatic rings. The van der Waals surface area contributed by atoms with Gasteiger partial charge in [0.2, 0.25) is 5.88 Å². The third-order valence-electron chi connectivity index (χ3n) is 3.22. The standard InChI is InChI=1S/C16H23N3O2/c1-5-7-8-13(12-19(3)6-2)21-15-9-10-18-16(20-4)14(15)11-17/h5,9-10,13H,1,6-8,12H2,2-4H3. The van der Waals surface area contributed by atoms with Crippen LogP contribution < -0.4 is 9.47 Å². The third-order valence-corrected chi connectivity index (χ3v) is 3.22. The molecule has 1 aromatic rings. The Bertz CT molecular complexity index is 497. The first-order chi connectivity index (χ1) is 10.2. The third kappa shape index (κ3) is 5.09. The summed E-state index contributed by atoms with van der Waals surface area (Å²) in [4.78, 5) is 6.20. The van der Waals surface area contributed by atoms with E-state index in [1.807, 2.05) is 13.1 Å². The van der Waals surface area contributed by atoms with Crippen molar-refractivity contribution in [1.82, 2.24) is 9.88 Å². The molecule has 0 spiro atoms. The molecule has 114 valence electrons. The van der Waals surface area contributed by atoms with E-state index in [0.717, 1.165) is 25.9 Å². The fourth-order valence-corrected chi connectivity index (χ4v) is 1.93. The molecule has 0 N–H and O–H groups in total. The second-order valence-electron chi connectivity index (χ2n) is 4.77. The monoisotopic (exact) mass is 289 g/mol. The highest BCUT2D eigenvalue weighted by molar-refractivity contribution is 5.48. The number of aromatic nitrogens is 1. The SMILES string of the molecule is C=CCCC(CN(C)CC)Oc1ccnc(OC)c1C#N. The van der Waals surface area contributed by atoms with E-state index in [-0.39, 0.29) is 6.10 Å². The van der Waals surface area contributed by atoms with Gasteiger partial charge < -0.3 is 14.4 Å². The summed E-state index contributed by atoms with van der Waals surface area (Å²) in [6.07, 6.45) is 5.17. The number of likely N-dealkylation sites (N-methyl/N-ethyl adjacent to an activating group) is 1. The van der Waals surface area contributed by atoms with Gasteiger partial charge in [0.25, 0.3) is 0 Å². The van der Waals surface area contributed by atoms with Crippen LogP contribution in [0.1, 0.15) is 25.3 Å². The average Bonchev–Trinajstić information content (AvgIpc) is 2.51. The lowest BCUT2D eigenvalue weighted by Crippen LogP contribution is -2.33. The number of methoxy groups -OCH3 is 1. The van der Waals surface area contributed by atoms with Crippen LogP contribution in [0.3, 0.4) is 0 Å². The van der Waals surface area contributed by atoms with Crippen LogP contribution in [0.5, 0.6) is 11.6 Å². The summed E-state index contributed by atoms with van der Waals surface area (Å²) in [6, 6.07) is 3.80. The maximum absolute atomic E-state index is 9.27. The van der Waals surface area contributed by atoms with Crippen LogP contribution in [0.25, 0.3) is 0 Å². The summed E-state index contributed by atoms with van der Waals surface area (Å²) in [5, 5.41) is 9.27. The van der Waals surface area contributed by atoms with E-state index in [0.29, 0.717) is 17.2 Å². The van der Waals surface area contributed by atoms with Crippen LogP contribution in [-0.4, -0.2) is 43.2 Å². The number of hydrogen-bond acceptors (Lipinski definition) is 5. The molecule has 0 aliphatic heterocycles. The molecule has 1 aromatic heterocycles. The first kappa shape index (κ1) is 17.0. The minimum Gasteiger partial charge on any atom is -0.487 e. The minimum atomic E-state index is -0.00726. The topological polar surface area (TPSA) is 58.4 Å². The Balaban J connectivity index is 2.91. The van der Waals surface area contributed by atoms with Crippen molar-refractivity contribution in [3.8, 4) is 17.7 Å². The molecule has 1 heterocycles. The smallest absolute Gasteiger partial charge is 0.235 e. The van der Waals surface area contributed by atoms with Crippen molar-refractivity contribution >= 4 is 0 Å². The highest BCUT2D eigenvalue weighted by atomic mass is 16.5. The molecular weight excluding hydrogens is 266 g/mol. The van der Waals surface area contributed by atoms with E-state index < -0.39 is 0 Å². The maximum atomic E-state index is 9.27. The first-order valence-electron chi connectivity index (χ1n) is 7.05. The Morgan fingerprint density at radius 2 is 2.33 bits per heavy atom. The molecule has 0 saturated carbocycles. The highest BCUT2D eigenvalue weighted by Gasteiger charge is 2.17. The van der Waals surface area contributed by atoms with Gasteiger partial charge in [0.1, 0.15) is 17.9 Å². The van der Waals surface area contributed by atoms with Crippen molar-refractivity contribution < 1.29 is 9.47 Å². The first-order valence-corrected chi connectivity index (χ1v) is 7.05. The van der Waals surface area contributed by atoms with Gasteiger partial charge in [-0.2, -0.15) is 5.26 Å². The fraction of sp³-hybridized carbons (Fsp3) is 0.500. The molecule has 5 nitrogen and oxygen atoms in total. The predicted octanol–water partition coefficient (Wildman–Crippen LogP) is 2.63. The second-order valence-corrected chi connectivity index (χ2v) is 4.77. The van der Waals surface area contributed by atoms with Gasteiger partial charge in [-0.15, -0.1) is 6.58 Å². The number of nitrogens with zero attached hydrogens (tertiary/aromatic N) is 3. The predicted molar refractivity (Wildman–Crippen MR) is 82.5 cm³/mol. The molecule has 0 saturated heterocycles. The van der Waals surface area contributed by atoms with Crippen LogP contribution in [0, 0.1) is 11.3 Å². The second kappa shape index (κ2) is 8.98. The normalized spacial score (nSPS) is 11.8. The van der Waals surface area contributed by atoms with Crippen LogP contribution in [-0.2, 0) is 0 Å². The number of rotatable bonds is 9. The van der Waals surface area contributed by atoms with Crippen LogP contribution in [0.4, 0.5) is 0 Å². The van der Waals surface area contributed by atoms with E-state index in [1.165, 1.54) is 7.11 Å². The fourth-order valence-electron chi connectivity index (χ4n) is 1.93. The van der Waals surface area contributed by atoms with E-state index in [4.69, 9.17) is 9.47 Å². The van der Waals surface area contributed by atoms with Crippen molar-refractivity contribution in [2.75, 3.05) is 27.2 Å². The summed E-state index contributed by atoms with van der Waals surface area (Å²) in [6.45, 7) is 7.58. The number of hydrogen-bond donors (Lipinski definition) is 0. The van der Waals surface area contributed by atoms with Crippen molar-refractivity contribution in [3.63, 3.8) is 0 Å². The van der Waals surface area contributed by atoms with Gasteiger partial charge >= 0.3 is 0 Å². The number of ether oxygens (including phenoxy) is 2. The van der Waals surface area contributed by atoms with Crippen molar-refractivity contribution in [1.29, 1.82) is 5.26 Å². The lowest BCUT2D eigenvalue weighted by Gasteiger charge is -2.24. The molecule has 0 fully saturated rings. The zero-order valence-corrected chi connectivity index (χ0v) is 13.0. The van der Waals surface area contributed by atoms with Gasteiger partial charge in [-0.3, -0.25) is 0 Å². The average molecular weight is 289 g/mol. The van der Waals surface area contributed by atoms with Gasteiger partial charge in [0, 0.05) is 18.8 Å².